The molecule has 78 valence electrons. The van der Waals surface area contributed by atoms with Gasteiger partial charge in [0.25, 0.3) is 0 Å². The van der Waals surface area contributed by atoms with Gasteiger partial charge in [-0.15, -0.1) is 0 Å². The molecular weight excluding hydrogens is 200 g/mol. The van der Waals surface area contributed by atoms with Gasteiger partial charge in [-0.3, -0.25) is 0 Å². The molecule has 0 amide bonds. The first-order valence-corrected chi connectivity index (χ1v) is 4.96. The van der Waals surface area contributed by atoms with E-state index in [1.807, 2.05) is 6.92 Å². The molecule has 1 rings (SSSR count). The average Bonchev–Trinajstić information content (AvgIpc) is 2.09. The Morgan fingerprint density at radius 3 is 2.57 bits per heavy atom. The third kappa shape index (κ3) is 2.77. The van der Waals surface area contributed by atoms with Crippen LogP contribution in [0.5, 0.6) is 5.88 Å². The van der Waals surface area contributed by atoms with Crippen LogP contribution in [0.4, 0.5) is 5.69 Å². The van der Waals surface area contributed by atoms with E-state index in [0.717, 1.165) is 0 Å². The van der Waals surface area contributed by atoms with Crippen molar-refractivity contribution < 1.29 is 4.74 Å². The number of aromatic nitrogens is 1. The first kappa shape index (κ1) is 11.1. The zero-order valence-electron chi connectivity index (χ0n) is 8.62. The highest BCUT2D eigenvalue weighted by atomic mass is 35.5. The van der Waals surface area contributed by atoms with E-state index in [2.05, 4.69) is 18.8 Å². The van der Waals surface area contributed by atoms with Crippen molar-refractivity contribution in [3.05, 3.63) is 17.3 Å². The van der Waals surface area contributed by atoms with E-state index in [9.17, 15) is 0 Å². The summed E-state index contributed by atoms with van der Waals surface area (Å²) in [5.41, 5.74) is 6.06. The van der Waals surface area contributed by atoms with Crippen LogP contribution < -0.4 is 10.5 Å². The van der Waals surface area contributed by atoms with Crippen molar-refractivity contribution in [3.8, 4) is 5.88 Å². The van der Waals surface area contributed by atoms with Gasteiger partial charge in [0, 0.05) is 0 Å². The van der Waals surface area contributed by atoms with E-state index in [1.54, 1.807) is 6.07 Å². The van der Waals surface area contributed by atoms with E-state index < -0.39 is 0 Å². The van der Waals surface area contributed by atoms with Crippen molar-refractivity contribution >= 4 is 17.3 Å². The highest BCUT2D eigenvalue weighted by Gasteiger charge is 2.11. The molecule has 0 saturated carbocycles. The highest BCUT2D eigenvalue weighted by Crippen LogP contribution is 2.25. The summed E-state index contributed by atoms with van der Waals surface area (Å²) in [6.45, 7) is 6.14. The molecule has 0 aromatic carbocycles. The van der Waals surface area contributed by atoms with Crippen molar-refractivity contribution in [1.29, 1.82) is 0 Å². The first-order valence-electron chi connectivity index (χ1n) is 4.58. The molecule has 4 heteroatoms. The van der Waals surface area contributed by atoms with Crippen LogP contribution in [0.3, 0.4) is 0 Å². The zero-order valence-corrected chi connectivity index (χ0v) is 9.38. The van der Waals surface area contributed by atoms with E-state index >= 15 is 0 Å². The normalized spacial score (nSPS) is 12.9. The molecule has 0 spiro atoms. The molecule has 1 unspecified atom stereocenters. The number of rotatable bonds is 3. The molecular formula is C10H15ClN2O. The van der Waals surface area contributed by atoms with E-state index in [1.165, 1.54) is 6.20 Å². The Balaban J connectivity index is 2.77. The van der Waals surface area contributed by atoms with Crippen LogP contribution in [-0.2, 0) is 0 Å². The molecule has 0 radical (unpaired) electrons. The predicted octanol–water partition coefficient (Wildman–Crippen LogP) is 2.74. The molecule has 1 atom stereocenters. The molecule has 14 heavy (non-hydrogen) atoms. The second-order valence-electron chi connectivity index (χ2n) is 3.62. The van der Waals surface area contributed by atoms with Gasteiger partial charge in [-0.1, -0.05) is 25.4 Å². The second kappa shape index (κ2) is 4.51. The Bertz CT molecular complexity index is 315. The van der Waals surface area contributed by atoms with Crippen LogP contribution in [0.25, 0.3) is 0 Å². The second-order valence-corrected chi connectivity index (χ2v) is 4.03. The maximum Gasteiger partial charge on any atom is 0.232 e. The standard InChI is InChI=1S/C10H15ClN2O/c1-6(2)7(3)14-10-9(11)4-8(12)5-13-10/h4-7H,12H2,1-3H3. The number of ether oxygens (including phenoxy) is 1. The predicted molar refractivity (Wildman–Crippen MR) is 58.6 cm³/mol. The van der Waals surface area contributed by atoms with Crippen LogP contribution in [-0.4, -0.2) is 11.1 Å². The van der Waals surface area contributed by atoms with Gasteiger partial charge >= 0.3 is 0 Å². The van der Waals surface area contributed by atoms with E-state index in [0.29, 0.717) is 22.5 Å². The largest absolute Gasteiger partial charge is 0.473 e. The first-order chi connectivity index (χ1) is 6.50. The number of nitrogen functional groups attached to an aromatic ring is 1. The molecule has 0 bridgehead atoms. The zero-order chi connectivity index (χ0) is 10.7. The summed E-state index contributed by atoms with van der Waals surface area (Å²) < 4.78 is 5.56. The van der Waals surface area contributed by atoms with Gasteiger partial charge in [-0.2, -0.15) is 0 Å². The van der Waals surface area contributed by atoms with Gasteiger partial charge in [0.1, 0.15) is 5.02 Å². The maximum absolute atomic E-state index is 5.91. The van der Waals surface area contributed by atoms with Gasteiger partial charge in [-0.05, 0) is 18.9 Å². The summed E-state index contributed by atoms with van der Waals surface area (Å²) in [6, 6.07) is 1.64. The Kier molecular flexibility index (Phi) is 3.58. The van der Waals surface area contributed by atoms with Crippen molar-refractivity contribution in [2.45, 2.75) is 26.9 Å². The van der Waals surface area contributed by atoms with E-state index in [-0.39, 0.29) is 6.10 Å². The SMILES string of the molecule is CC(C)C(C)Oc1ncc(N)cc1Cl. The van der Waals surface area contributed by atoms with Crippen LogP contribution in [0.15, 0.2) is 12.3 Å². The molecule has 0 saturated heterocycles. The number of halogens is 1. The van der Waals surface area contributed by atoms with Crippen molar-refractivity contribution in [2.24, 2.45) is 5.92 Å². The lowest BCUT2D eigenvalue weighted by molar-refractivity contribution is 0.163. The molecule has 2 N–H and O–H groups in total. The topological polar surface area (TPSA) is 48.1 Å². The van der Waals surface area contributed by atoms with Gasteiger partial charge in [0.15, 0.2) is 0 Å². The molecule has 1 aromatic rings. The fourth-order valence-electron chi connectivity index (χ4n) is 0.839. The fraction of sp³-hybridized carbons (Fsp3) is 0.500. The summed E-state index contributed by atoms with van der Waals surface area (Å²) >= 11 is 5.91. The van der Waals surface area contributed by atoms with Gasteiger partial charge in [0.2, 0.25) is 5.88 Å². The van der Waals surface area contributed by atoms with Gasteiger partial charge < -0.3 is 10.5 Å². The van der Waals surface area contributed by atoms with Gasteiger partial charge in [0.05, 0.1) is 18.0 Å². The lowest BCUT2D eigenvalue weighted by atomic mass is 10.1. The minimum absolute atomic E-state index is 0.0867. The molecule has 3 nitrogen and oxygen atoms in total. The van der Waals surface area contributed by atoms with Gasteiger partial charge in [-0.25, -0.2) is 4.98 Å². The highest BCUT2D eigenvalue weighted by molar-refractivity contribution is 6.32. The lowest BCUT2D eigenvalue weighted by Gasteiger charge is -2.17. The maximum atomic E-state index is 5.91. The summed E-state index contributed by atoms with van der Waals surface area (Å²) in [5, 5.41) is 0.456. The Morgan fingerprint density at radius 2 is 2.07 bits per heavy atom. The Morgan fingerprint density at radius 1 is 1.43 bits per heavy atom. The summed E-state index contributed by atoms with van der Waals surface area (Å²) in [5.74, 6) is 0.868. The van der Waals surface area contributed by atoms with Crippen molar-refractivity contribution in [2.75, 3.05) is 5.73 Å². The quantitative estimate of drug-likeness (QED) is 0.842. The third-order valence-electron chi connectivity index (χ3n) is 2.06. The van der Waals surface area contributed by atoms with Crippen LogP contribution in [0.1, 0.15) is 20.8 Å². The number of hydrogen-bond acceptors (Lipinski definition) is 3. The Hall–Kier alpha value is -0.960. The number of nitrogens with two attached hydrogens (primary N) is 1. The third-order valence-corrected chi connectivity index (χ3v) is 2.34. The van der Waals surface area contributed by atoms with Crippen molar-refractivity contribution in [3.63, 3.8) is 0 Å². The van der Waals surface area contributed by atoms with Crippen LogP contribution in [0, 0.1) is 5.92 Å². The number of anilines is 1. The van der Waals surface area contributed by atoms with Crippen LogP contribution >= 0.6 is 11.6 Å². The number of nitrogens with zero attached hydrogens (tertiary/aromatic N) is 1. The minimum atomic E-state index is 0.0867. The molecule has 0 aliphatic carbocycles. The number of hydrogen-bond donors (Lipinski definition) is 1. The molecule has 1 aromatic heterocycles. The molecule has 0 aliphatic heterocycles. The monoisotopic (exact) mass is 214 g/mol. The number of pyridine rings is 1. The minimum Gasteiger partial charge on any atom is -0.473 e. The summed E-state index contributed by atoms with van der Waals surface area (Å²) in [7, 11) is 0. The molecule has 1 heterocycles. The van der Waals surface area contributed by atoms with Crippen LogP contribution in [0.2, 0.25) is 5.02 Å². The molecule has 0 fully saturated rings. The lowest BCUT2D eigenvalue weighted by Crippen LogP contribution is -2.19. The fourth-order valence-corrected chi connectivity index (χ4v) is 1.06. The van der Waals surface area contributed by atoms with E-state index in [4.69, 9.17) is 22.1 Å². The summed E-state index contributed by atoms with van der Waals surface area (Å²) in [6.07, 6.45) is 1.62. The smallest absolute Gasteiger partial charge is 0.232 e. The average molecular weight is 215 g/mol. The Labute approximate surface area is 89.2 Å². The molecule has 0 aliphatic rings. The van der Waals surface area contributed by atoms with Crippen molar-refractivity contribution in [1.82, 2.24) is 4.98 Å². The summed E-state index contributed by atoms with van der Waals surface area (Å²) in [4.78, 5) is 4.02.